The summed E-state index contributed by atoms with van der Waals surface area (Å²) in [6.45, 7) is 5.09. The molecule has 0 aliphatic heterocycles. The van der Waals surface area contributed by atoms with Crippen molar-refractivity contribution in [2.24, 2.45) is 0 Å². The molecule has 2 aromatic carbocycles. The molecule has 0 bridgehead atoms. The monoisotopic (exact) mass is 462 g/mol. The third-order valence-electron chi connectivity index (χ3n) is 4.61. The summed E-state index contributed by atoms with van der Waals surface area (Å²) in [4.78, 5) is 23.5. The number of allylic oxidation sites excluding steroid dienone is 2. The van der Waals surface area contributed by atoms with Gasteiger partial charge in [0.1, 0.15) is 11.5 Å². The van der Waals surface area contributed by atoms with Gasteiger partial charge in [-0.1, -0.05) is 74.6 Å². The fraction of sp³-hybridized carbons (Fsp3) is 0.286. The van der Waals surface area contributed by atoms with E-state index in [9.17, 15) is 9.59 Å². The van der Waals surface area contributed by atoms with Gasteiger partial charge in [0, 0.05) is 13.1 Å². The first-order valence-electron chi connectivity index (χ1n) is 11.6. The Labute approximate surface area is 202 Å². The second-order valence-corrected chi connectivity index (χ2v) is 7.42. The molecule has 180 valence electrons. The molecule has 2 rings (SSSR count). The number of hydrogen-bond acceptors (Lipinski definition) is 4. The predicted molar refractivity (Wildman–Crippen MR) is 138 cm³/mol. The van der Waals surface area contributed by atoms with Gasteiger partial charge in [-0.2, -0.15) is 0 Å². The molecule has 6 nitrogen and oxygen atoms in total. The van der Waals surface area contributed by atoms with Crippen LogP contribution in [0.25, 0.3) is 12.2 Å². The van der Waals surface area contributed by atoms with E-state index >= 15 is 0 Å². The molecule has 2 N–H and O–H groups in total. The lowest BCUT2D eigenvalue weighted by Crippen LogP contribution is -2.28. The summed E-state index contributed by atoms with van der Waals surface area (Å²) < 4.78 is 11.0. The quantitative estimate of drug-likeness (QED) is 0.313. The highest BCUT2D eigenvalue weighted by molar-refractivity contribution is 5.78. The van der Waals surface area contributed by atoms with Crippen molar-refractivity contribution in [2.45, 2.75) is 26.7 Å². The van der Waals surface area contributed by atoms with Gasteiger partial charge in [-0.15, -0.1) is 0 Å². The smallest absolute Gasteiger partial charge is 0.258 e. The number of hydrogen-bond donors (Lipinski definition) is 2. The molecule has 2 amide bonds. The summed E-state index contributed by atoms with van der Waals surface area (Å²) in [7, 11) is 0. The minimum absolute atomic E-state index is 0.0128. The Morgan fingerprint density at radius 1 is 0.647 bits per heavy atom. The van der Waals surface area contributed by atoms with Gasteiger partial charge in [-0.05, 0) is 48.2 Å². The number of benzene rings is 2. The Morgan fingerprint density at radius 2 is 1.03 bits per heavy atom. The fourth-order valence-electron chi connectivity index (χ4n) is 2.79. The van der Waals surface area contributed by atoms with Crippen molar-refractivity contribution in [2.75, 3.05) is 26.3 Å². The SMILES string of the molecule is CC/C=C\CNC(=O)COc1ccc(/C=C/c2ccc(OCC(=O)NC/C=C\CC)cc2)cc1. The standard InChI is InChI=1S/C28H34N2O4/c1-3-5-7-19-29-27(31)21-33-25-15-11-23(12-16-25)9-10-24-13-17-26(18-14-24)34-22-28(32)30-20-8-6-4-2/h5-18H,3-4,19-22H2,1-2H3,(H,29,31)(H,30,32)/b7-5-,8-6-,10-9+. The van der Waals surface area contributed by atoms with Gasteiger partial charge in [0.05, 0.1) is 0 Å². The van der Waals surface area contributed by atoms with E-state index < -0.39 is 0 Å². The average Bonchev–Trinajstić information content (AvgIpc) is 2.86. The van der Waals surface area contributed by atoms with E-state index in [-0.39, 0.29) is 25.0 Å². The van der Waals surface area contributed by atoms with Gasteiger partial charge in [-0.25, -0.2) is 0 Å². The summed E-state index contributed by atoms with van der Waals surface area (Å²) in [6, 6.07) is 15.1. The van der Waals surface area contributed by atoms with Crippen LogP contribution in [0.5, 0.6) is 11.5 Å². The van der Waals surface area contributed by atoms with E-state index in [1.807, 2.05) is 98.8 Å². The van der Waals surface area contributed by atoms with Gasteiger partial charge >= 0.3 is 0 Å². The van der Waals surface area contributed by atoms with Crippen molar-refractivity contribution in [1.82, 2.24) is 10.6 Å². The first-order valence-corrected chi connectivity index (χ1v) is 11.6. The molecule has 0 spiro atoms. The van der Waals surface area contributed by atoms with Gasteiger partial charge in [0.25, 0.3) is 11.8 Å². The van der Waals surface area contributed by atoms with Crippen LogP contribution in [0.1, 0.15) is 37.8 Å². The molecule has 0 aliphatic carbocycles. The Bertz CT molecular complexity index is 881. The first-order chi connectivity index (χ1) is 16.6. The number of rotatable bonds is 14. The maximum Gasteiger partial charge on any atom is 0.258 e. The first kappa shape index (κ1) is 26.5. The highest BCUT2D eigenvalue weighted by Gasteiger charge is 2.02. The van der Waals surface area contributed by atoms with Gasteiger partial charge in [0.2, 0.25) is 0 Å². The number of carbonyl (C=O) groups excluding carboxylic acids is 2. The van der Waals surface area contributed by atoms with Crippen LogP contribution >= 0.6 is 0 Å². The number of nitrogens with one attached hydrogen (secondary N) is 2. The second-order valence-electron chi connectivity index (χ2n) is 7.42. The maximum atomic E-state index is 11.8. The minimum Gasteiger partial charge on any atom is -0.484 e. The number of carbonyl (C=O) groups is 2. The molecule has 0 saturated carbocycles. The molecule has 0 fully saturated rings. The fourth-order valence-corrected chi connectivity index (χ4v) is 2.79. The zero-order valence-electron chi connectivity index (χ0n) is 20.0. The van der Waals surface area contributed by atoms with Crippen LogP contribution in [0.15, 0.2) is 72.8 Å². The van der Waals surface area contributed by atoms with Gasteiger partial charge < -0.3 is 20.1 Å². The molecule has 0 heterocycles. The molecule has 34 heavy (non-hydrogen) atoms. The summed E-state index contributed by atoms with van der Waals surface area (Å²) in [5.41, 5.74) is 2.02. The van der Waals surface area contributed by atoms with Crippen LogP contribution in [0.2, 0.25) is 0 Å². The van der Waals surface area contributed by atoms with Crippen molar-refractivity contribution < 1.29 is 19.1 Å². The zero-order valence-corrected chi connectivity index (χ0v) is 20.0. The van der Waals surface area contributed by atoms with E-state index in [4.69, 9.17) is 9.47 Å². The summed E-state index contributed by atoms with van der Waals surface area (Å²) in [6.07, 6.45) is 13.7. The molecular weight excluding hydrogens is 428 g/mol. The molecular formula is C28H34N2O4. The molecule has 6 heteroatoms. The largest absolute Gasteiger partial charge is 0.484 e. The van der Waals surface area contributed by atoms with Crippen molar-refractivity contribution in [3.63, 3.8) is 0 Å². The van der Waals surface area contributed by atoms with Crippen LogP contribution in [-0.2, 0) is 9.59 Å². The maximum absolute atomic E-state index is 11.8. The topological polar surface area (TPSA) is 76.7 Å². The van der Waals surface area contributed by atoms with Crippen LogP contribution in [-0.4, -0.2) is 38.1 Å². The number of amides is 2. The Kier molecular flexibility index (Phi) is 12.4. The summed E-state index contributed by atoms with van der Waals surface area (Å²) >= 11 is 0. The van der Waals surface area contributed by atoms with Crippen LogP contribution in [0.3, 0.4) is 0 Å². The lowest BCUT2D eigenvalue weighted by molar-refractivity contribution is -0.123. The van der Waals surface area contributed by atoms with Gasteiger partial charge in [0.15, 0.2) is 13.2 Å². The van der Waals surface area contributed by atoms with Crippen molar-refractivity contribution in [3.05, 3.63) is 84.0 Å². The van der Waals surface area contributed by atoms with E-state index in [1.54, 1.807) is 0 Å². The molecule has 0 aromatic heterocycles. The second kappa shape index (κ2) is 15.9. The third-order valence-corrected chi connectivity index (χ3v) is 4.61. The molecule has 0 unspecified atom stereocenters. The number of ether oxygens (including phenoxy) is 2. The normalized spacial score (nSPS) is 11.2. The van der Waals surface area contributed by atoms with E-state index in [0.717, 1.165) is 24.0 Å². The summed E-state index contributed by atoms with van der Waals surface area (Å²) in [5, 5.41) is 5.55. The van der Waals surface area contributed by atoms with E-state index in [2.05, 4.69) is 10.6 Å². The van der Waals surface area contributed by atoms with E-state index in [0.29, 0.717) is 24.6 Å². The predicted octanol–water partition coefficient (Wildman–Crippen LogP) is 4.78. The molecule has 0 atom stereocenters. The van der Waals surface area contributed by atoms with E-state index in [1.165, 1.54) is 0 Å². The molecule has 2 aromatic rings. The Hall–Kier alpha value is -3.80. The average molecular weight is 463 g/mol. The van der Waals surface area contributed by atoms with Crippen molar-refractivity contribution >= 4 is 24.0 Å². The molecule has 0 aliphatic rings. The molecule has 0 saturated heterocycles. The lowest BCUT2D eigenvalue weighted by atomic mass is 10.1. The van der Waals surface area contributed by atoms with Crippen LogP contribution in [0, 0.1) is 0 Å². The van der Waals surface area contributed by atoms with Crippen LogP contribution in [0.4, 0.5) is 0 Å². The lowest BCUT2D eigenvalue weighted by Gasteiger charge is -2.07. The third kappa shape index (κ3) is 11.2. The Balaban J connectivity index is 1.74. The highest BCUT2D eigenvalue weighted by atomic mass is 16.5. The zero-order chi connectivity index (χ0) is 24.4. The summed E-state index contributed by atoms with van der Waals surface area (Å²) in [5.74, 6) is 0.982. The van der Waals surface area contributed by atoms with Crippen LogP contribution < -0.4 is 20.1 Å². The molecule has 0 radical (unpaired) electrons. The minimum atomic E-state index is -0.151. The van der Waals surface area contributed by atoms with Crippen molar-refractivity contribution in [3.8, 4) is 11.5 Å². The Morgan fingerprint density at radius 3 is 1.38 bits per heavy atom. The van der Waals surface area contributed by atoms with Crippen molar-refractivity contribution in [1.29, 1.82) is 0 Å². The highest BCUT2D eigenvalue weighted by Crippen LogP contribution is 2.17. The van der Waals surface area contributed by atoms with Gasteiger partial charge in [-0.3, -0.25) is 9.59 Å².